The molecule has 98 valence electrons. The summed E-state index contributed by atoms with van der Waals surface area (Å²) in [5.41, 5.74) is 0.470. The smallest absolute Gasteiger partial charge is 0.273 e. The van der Waals surface area contributed by atoms with Crippen molar-refractivity contribution < 1.29 is 4.79 Å². The van der Waals surface area contributed by atoms with Crippen LogP contribution in [-0.2, 0) is 13.5 Å². The molecule has 0 saturated heterocycles. The average molecular weight is 248 g/mol. The molecule has 1 saturated carbocycles. The van der Waals surface area contributed by atoms with E-state index in [1.165, 1.54) is 31.7 Å². The lowest BCUT2D eigenvalue weighted by Gasteiger charge is -2.23. The quantitative estimate of drug-likeness (QED) is 0.767. The lowest BCUT2D eigenvalue weighted by molar-refractivity contribution is 0.111. The monoisotopic (exact) mass is 248 g/mol. The Balaban J connectivity index is 2.16. The molecule has 2 rings (SSSR count). The largest absolute Gasteiger partial charge is 0.330 e. The fourth-order valence-electron chi connectivity index (χ4n) is 2.84. The van der Waals surface area contributed by atoms with Gasteiger partial charge in [0.15, 0.2) is 6.29 Å². The highest BCUT2D eigenvalue weighted by atomic mass is 16.1. The van der Waals surface area contributed by atoms with E-state index in [1.807, 2.05) is 0 Å². The van der Waals surface area contributed by atoms with Gasteiger partial charge in [0, 0.05) is 19.5 Å². The van der Waals surface area contributed by atoms with Crippen LogP contribution in [-0.4, -0.2) is 15.8 Å². The number of aromatic nitrogens is 2. The Morgan fingerprint density at radius 2 is 2.11 bits per heavy atom. The molecule has 4 nitrogen and oxygen atoms in total. The third kappa shape index (κ3) is 2.68. The number of aldehydes is 1. The topological polar surface area (TPSA) is 52.0 Å². The van der Waals surface area contributed by atoms with Gasteiger partial charge < -0.3 is 4.57 Å². The first kappa shape index (κ1) is 13.0. The number of carbonyl (C=O) groups is 1. The van der Waals surface area contributed by atoms with E-state index in [0.717, 1.165) is 18.7 Å². The first-order valence-corrected chi connectivity index (χ1v) is 6.56. The zero-order valence-electron chi connectivity index (χ0n) is 11.1. The van der Waals surface area contributed by atoms with Crippen molar-refractivity contribution in [2.75, 3.05) is 0 Å². The van der Waals surface area contributed by atoms with Gasteiger partial charge in [-0.15, -0.1) is 0 Å². The van der Waals surface area contributed by atoms with E-state index in [-0.39, 0.29) is 5.56 Å². The van der Waals surface area contributed by atoms with Gasteiger partial charge in [0.05, 0.1) is 5.69 Å². The number of aryl methyl sites for hydroxylation is 1. The van der Waals surface area contributed by atoms with E-state index in [2.05, 4.69) is 11.9 Å². The summed E-state index contributed by atoms with van der Waals surface area (Å²) in [6.07, 6.45) is 7.64. The fourth-order valence-corrected chi connectivity index (χ4v) is 2.84. The second-order valence-corrected chi connectivity index (χ2v) is 5.63. The van der Waals surface area contributed by atoms with Gasteiger partial charge in [0.1, 0.15) is 5.82 Å². The molecule has 1 fully saturated rings. The van der Waals surface area contributed by atoms with Crippen LogP contribution in [0, 0.1) is 5.41 Å². The zero-order chi connectivity index (χ0) is 13.2. The van der Waals surface area contributed by atoms with E-state index < -0.39 is 0 Å². The Hall–Kier alpha value is -1.45. The Morgan fingerprint density at radius 1 is 1.44 bits per heavy atom. The van der Waals surface area contributed by atoms with Crippen molar-refractivity contribution in [1.29, 1.82) is 0 Å². The Bertz CT molecular complexity index is 499. The average Bonchev–Trinajstić information content (AvgIpc) is 2.77. The normalized spacial score (nSPS) is 17.9. The number of rotatable bonds is 4. The van der Waals surface area contributed by atoms with Crippen molar-refractivity contribution >= 4 is 6.29 Å². The third-order valence-corrected chi connectivity index (χ3v) is 4.17. The first-order valence-electron chi connectivity index (χ1n) is 6.56. The molecule has 1 aromatic heterocycles. The molecule has 0 aliphatic heterocycles. The molecule has 1 aliphatic carbocycles. The molecule has 0 aromatic carbocycles. The van der Waals surface area contributed by atoms with E-state index >= 15 is 0 Å². The summed E-state index contributed by atoms with van der Waals surface area (Å²) >= 11 is 0. The summed E-state index contributed by atoms with van der Waals surface area (Å²) < 4.78 is 1.73. The molecule has 0 unspecified atom stereocenters. The molecule has 0 N–H and O–H groups in total. The molecule has 0 amide bonds. The number of carbonyl (C=O) groups excluding carboxylic acids is 1. The van der Waals surface area contributed by atoms with E-state index in [4.69, 9.17) is 0 Å². The minimum atomic E-state index is -0.318. The van der Waals surface area contributed by atoms with Gasteiger partial charge in [0.25, 0.3) is 5.56 Å². The minimum Gasteiger partial charge on any atom is -0.330 e. The van der Waals surface area contributed by atoms with Crippen molar-refractivity contribution in [2.24, 2.45) is 12.5 Å². The van der Waals surface area contributed by atoms with Crippen molar-refractivity contribution in [2.45, 2.75) is 45.4 Å². The molecule has 0 spiro atoms. The summed E-state index contributed by atoms with van der Waals surface area (Å²) in [4.78, 5) is 26.3. The summed E-state index contributed by atoms with van der Waals surface area (Å²) in [6, 6.07) is 1.29. The molecule has 0 atom stereocenters. The van der Waals surface area contributed by atoms with Crippen LogP contribution in [0.1, 0.15) is 55.3 Å². The van der Waals surface area contributed by atoms with Crippen LogP contribution in [0.5, 0.6) is 0 Å². The second kappa shape index (κ2) is 5.04. The van der Waals surface area contributed by atoms with E-state index in [9.17, 15) is 9.59 Å². The lowest BCUT2D eigenvalue weighted by atomic mass is 9.84. The highest BCUT2D eigenvalue weighted by molar-refractivity contribution is 5.71. The van der Waals surface area contributed by atoms with Crippen LogP contribution in [0.3, 0.4) is 0 Å². The predicted molar refractivity (Wildman–Crippen MR) is 69.8 cm³/mol. The highest BCUT2D eigenvalue weighted by Crippen LogP contribution is 2.40. The van der Waals surface area contributed by atoms with Gasteiger partial charge in [-0.05, 0) is 24.7 Å². The molecular weight excluding hydrogens is 228 g/mol. The van der Waals surface area contributed by atoms with Gasteiger partial charge >= 0.3 is 0 Å². The van der Waals surface area contributed by atoms with E-state index in [1.54, 1.807) is 11.6 Å². The van der Waals surface area contributed by atoms with Crippen LogP contribution in [0.25, 0.3) is 0 Å². The summed E-state index contributed by atoms with van der Waals surface area (Å²) in [6.45, 7) is 2.31. The van der Waals surface area contributed by atoms with Gasteiger partial charge in [-0.3, -0.25) is 9.59 Å². The summed E-state index contributed by atoms with van der Waals surface area (Å²) in [5.74, 6) is 0.720. The Morgan fingerprint density at radius 3 is 2.72 bits per heavy atom. The van der Waals surface area contributed by atoms with Crippen LogP contribution in [0.15, 0.2) is 10.9 Å². The molecule has 4 heteroatoms. The van der Waals surface area contributed by atoms with Crippen molar-refractivity contribution in [3.63, 3.8) is 0 Å². The van der Waals surface area contributed by atoms with Gasteiger partial charge in [-0.1, -0.05) is 19.8 Å². The molecule has 18 heavy (non-hydrogen) atoms. The molecule has 0 bridgehead atoms. The van der Waals surface area contributed by atoms with Crippen molar-refractivity contribution in [3.05, 3.63) is 27.9 Å². The summed E-state index contributed by atoms with van der Waals surface area (Å²) in [5, 5.41) is 0. The van der Waals surface area contributed by atoms with Gasteiger partial charge in [0.2, 0.25) is 0 Å². The maximum absolute atomic E-state index is 11.4. The van der Waals surface area contributed by atoms with Gasteiger partial charge in [-0.25, -0.2) is 0 Å². The van der Waals surface area contributed by atoms with Crippen LogP contribution in [0.4, 0.5) is 0 Å². The number of nitrogens with zero attached hydrogens (tertiary/aromatic N) is 2. The summed E-state index contributed by atoms with van der Waals surface area (Å²) in [7, 11) is 1.79. The van der Waals surface area contributed by atoms with Crippen LogP contribution < -0.4 is 5.56 Å². The van der Waals surface area contributed by atoms with Crippen LogP contribution >= 0.6 is 0 Å². The highest BCUT2D eigenvalue weighted by Gasteiger charge is 2.28. The first-order chi connectivity index (χ1) is 8.54. The van der Waals surface area contributed by atoms with Crippen molar-refractivity contribution in [3.8, 4) is 0 Å². The molecule has 0 radical (unpaired) electrons. The number of hydrogen-bond donors (Lipinski definition) is 0. The van der Waals surface area contributed by atoms with Crippen LogP contribution in [0.2, 0.25) is 0 Å². The van der Waals surface area contributed by atoms with Gasteiger partial charge in [-0.2, -0.15) is 4.98 Å². The molecule has 1 aliphatic rings. The van der Waals surface area contributed by atoms with E-state index in [0.29, 0.717) is 17.4 Å². The molecular formula is C14H20N2O2. The fraction of sp³-hybridized carbons (Fsp3) is 0.643. The second-order valence-electron chi connectivity index (χ2n) is 5.63. The molecule has 1 aromatic rings. The minimum absolute atomic E-state index is 0.318. The Labute approximate surface area is 107 Å². The Kier molecular flexibility index (Phi) is 3.64. The zero-order valence-corrected chi connectivity index (χ0v) is 11.1. The predicted octanol–water partition coefficient (Wildman–Crippen LogP) is 2.11. The number of hydrogen-bond acceptors (Lipinski definition) is 3. The lowest BCUT2D eigenvalue weighted by Crippen LogP contribution is -2.21. The third-order valence-electron chi connectivity index (χ3n) is 4.17. The SMILES string of the molecule is Cn1c(C=O)cc(=O)nc1CCC1(C)CCCC1. The maximum atomic E-state index is 11.4. The standard InChI is InChI=1S/C14H20N2O2/c1-14(6-3-4-7-14)8-5-12-15-13(18)9-11(10-17)16(12)2/h9-10H,3-8H2,1-2H3. The molecule has 1 heterocycles. The maximum Gasteiger partial charge on any atom is 0.273 e. The van der Waals surface area contributed by atoms with Crippen molar-refractivity contribution in [1.82, 2.24) is 9.55 Å².